The number of hydrogen-bond donors (Lipinski definition) is 1. The van der Waals surface area contributed by atoms with Crippen LogP contribution in [0.3, 0.4) is 0 Å². The molecule has 1 aromatic carbocycles. The van der Waals surface area contributed by atoms with Gasteiger partial charge in [-0.15, -0.1) is 11.3 Å². The van der Waals surface area contributed by atoms with Gasteiger partial charge in [0.2, 0.25) is 0 Å². The molecule has 1 atom stereocenters. The summed E-state index contributed by atoms with van der Waals surface area (Å²) in [5, 5.41) is 2.06. The van der Waals surface area contributed by atoms with E-state index in [1.807, 2.05) is 12.1 Å². The van der Waals surface area contributed by atoms with Crippen LogP contribution in [-0.4, -0.2) is 13.7 Å². The summed E-state index contributed by atoms with van der Waals surface area (Å²) in [6.07, 6.45) is 0.845. The molecule has 0 aliphatic heterocycles. The van der Waals surface area contributed by atoms with Crippen molar-refractivity contribution in [3.05, 3.63) is 45.6 Å². The highest BCUT2D eigenvalue weighted by Crippen LogP contribution is 2.34. The van der Waals surface area contributed by atoms with Crippen LogP contribution in [0.25, 0.3) is 0 Å². The SMILES string of the molecule is CCc1ccc(OC(CN)c2sccc2C)c(OC)c1. The summed E-state index contributed by atoms with van der Waals surface area (Å²) in [7, 11) is 1.66. The molecule has 0 saturated heterocycles. The molecule has 0 spiro atoms. The Balaban J connectivity index is 2.26. The molecule has 0 amide bonds. The molecule has 2 N–H and O–H groups in total. The van der Waals surface area contributed by atoms with Gasteiger partial charge in [-0.2, -0.15) is 0 Å². The average molecular weight is 291 g/mol. The lowest BCUT2D eigenvalue weighted by Crippen LogP contribution is -2.18. The quantitative estimate of drug-likeness (QED) is 0.882. The van der Waals surface area contributed by atoms with Gasteiger partial charge in [-0.05, 0) is 48.1 Å². The van der Waals surface area contributed by atoms with Crippen molar-refractivity contribution >= 4 is 11.3 Å². The third-order valence-corrected chi connectivity index (χ3v) is 4.42. The predicted octanol–water partition coefficient (Wildman–Crippen LogP) is 3.71. The van der Waals surface area contributed by atoms with Crippen molar-refractivity contribution in [1.82, 2.24) is 0 Å². The summed E-state index contributed by atoms with van der Waals surface area (Å²) in [6, 6.07) is 8.13. The fourth-order valence-corrected chi connectivity index (χ4v) is 3.07. The summed E-state index contributed by atoms with van der Waals surface area (Å²) in [5.74, 6) is 1.50. The van der Waals surface area contributed by atoms with Crippen LogP contribution in [0.4, 0.5) is 0 Å². The van der Waals surface area contributed by atoms with E-state index in [9.17, 15) is 0 Å². The van der Waals surface area contributed by atoms with Crippen LogP contribution in [0, 0.1) is 6.92 Å². The number of nitrogens with two attached hydrogens (primary N) is 1. The van der Waals surface area contributed by atoms with E-state index in [0.717, 1.165) is 17.9 Å². The fraction of sp³-hybridized carbons (Fsp3) is 0.375. The molecule has 0 fully saturated rings. The van der Waals surface area contributed by atoms with E-state index in [1.165, 1.54) is 16.0 Å². The zero-order valence-corrected chi connectivity index (χ0v) is 13.0. The Kier molecular flexibility index (Phi) is 5.04. The summed E-state index contributed by atoms with van der Waals surface area (Å²) in [6.45, 7) is 4.64. The van der Waals surface area contributed by atoms with Crippen LogP contribution in [0.5, 0.6) is 11.5 Å². The van der Waals surface area contributed by atoms with Crippen LogP contribution in [0.2, 0.25) is 0 Å². The monoisotopic (exact) mass is 291 g/mol. The Morgan fingerprint density at radius 1 is 1.25 bits per heavy atom. The lowest BCUT2D eigenvalue weighted by Gasteiger charge is -2.19. The topological polar surface area (TPSA) is 44.5 Å². The van der Waals surface area contributed by atoms with Gasteiger partial charge < -0.3 is 15.2 Å². The molecule has 0 aliphatic carbocycles. The lowest BCUT2D eigenvalue weighted by atomic mass is 10.1. The Labute approximate surface area is 124 Å². The summed E-state index contributed by atoms with van der Waals surface area (Å²) >= 11 is 1.68. The Morgan fingerprint density at radius 2 is 2.05 bits per heavy atom. The molecule has 1 aromatic heterocycles. The van der Waals surface area contributed by atoms with E-state index >= 15 is 0 Å². The maximum Gasteiger partial charge on any atom is 0.162 e. The van der Waals surface area contributed by atoms with E-state index in [1.54, 1.807) is 18.4 Å². The number of rotatable bonds is 6. The van der Waals surface area contributed by atoms with Gasteiger partial charge in [0.15, 0.2) is 11.5 Å². The molecular formula is C16H21NO2S. The molecular weight excluding hydrogens is 270 g/mol. The first-order chi connectivity index (χ1) is 9.69. The van der Waals surface area contributed by atoms with Crippen LogP contribution in [0.15, 0.2) is 29.6 Å². The minimum absolute atomic E-state index is 0.128. The van der Waals surface area contributed by atoms with Crippen molar-refractivity contribution in [1.29, 1.82) is 0 Å². The molecule has 0 aliphatic rings. The first kappa shape index (κ1) is 14.9. The molecule has 0 bridgehead atoms. The average Bonchev–Trinajstić information content (AvgIpc) is 2.90. The van der Waals surface area contributed by atoms with Crippen LogP contribution in [-0.2, 0) is 6.42 Å². The highest BCUT2D eigenvalue weighted by atomic mass is 32.1. The van der Waals surface area contributed by atoms with Gasteiger partial charge in [-0.1, -0.05) is 13.0 Å². The normalized spacial score (nSPS) is 12.2. The highest BCUT2D eigenvalue weighted by Gasteiger charge is 2.17. The Bertz CT molecular complexity index is 565. The van der Waals surface area contributed by atoms with Crippen LogP contribution in [0.1, 0.15) is 29.0 Å². The number of ether oxygens (including phenoxy) is 2. The maximum absolute atomic E-state index is 6.07. The molecule has 4 heteroatoms. The zero-order chi connectivity index (χ0) is 14.5. The van der Waals surface area contributed by atoms with Crippen LogP contribution < -0.4 is 15.2 Å². The highest BCUT2D eigenvalue weighted by molar-refractivity contribution is 7.10. The van der Waals surface area contributed by atoms with Gasteiger partial charge >= 0.3 is 0 Å². The first-order valence-corrected chi connectivity index (χ1v) is 7.65. The van der Waals surface area contributed by atoms with E-state index in [2.05, 4.69) is 31.4 Å². The number of thiophene rings is 1. The molecule has 20 heavy (non-hydrogen) atoms. The number of hydrogen-bond acceptors (Lipinski definition) is 4. The Morgan fingerprint density at radius 3 is 2.60 bits per heavy atom. The van der Waals surface area contributed by atoms with Crippen LogP contribution >= 0.6 is 11.3 Å². The second-order valence-electron chi connectivity index (χ2n) is 4.65. The third-order valence-electron chi connectivity index (χ3n) is 3.31. The number of methoxy groups -OCH3 is 1. The predicted molar refractivity (Wildman–Crippen MR) is 83.9 cm³/mol. The van der Waals surface area contributed by atoms with Gasteiger partial charge in [0.25, 0.3) is 0 Å². The standard InChI is InChI=1S/C16H21NO2S/c1-4-12-5-6-13(14(9-12)18-3)19-15(10-17)16-11(2)7-8-20-16/h5-9,15H,4,10,17H2,1-3H3. The Hall–Kier alpha value is -1.52. The molecule has 0 radical (unpaired) electrons. The molecule has 108 valence electrons. The zero-order valence-electron chi connectivity index (χ0n) is 12.2. The largest absolute Gasteiger partial charge is 0.493 e. The molecule has 1 unspecified atom stereocenters. The van der Waals surface area contributed by atoms with E-state index in [-0.39, 0.29) is 6.10 Å². The van der Waals surface area contributed by atoms with Crippen molar-refractivity contribution < 1.29 is 9.47 Å². The lowest BCUT2D eigenvalue weighted by molar-refractivity contribution is 0.207. The number of benzene rings is 1. The second kappa shape index (κ2) is 6.77. The van der Waals surface area contributed by atoms with Crippen molar-refractivity contribution in [2.24, 2.45) is 5.73 Å². The summed E-state index contributed by atoms with van der Waals surface area (Å²) in [5.41, 5.74) is 8.31. The second-order valence-corrected chi connectivity index (χ2v) is 5.60. The molecule has 1 heterocycles. The third kappa shape index (κ3) is 3.14. The van der Waals surface area contributed by atoms with Gasteiger partial charge in [0.05, 0.1) is 7.11 Å². The van der Waals surface area contributed by atoms with Gasteiger partial charge in [-0.25, -0.2) is 0 Å². The van der Waals surface area contributed by atoms with E-state index in [4.69, 9.17) is 15.2 Å². The van der Waals surface area contributed by atoms with Crippen molar-refractivity contribution in [2.45, 2.75) is 26.4 Å². The molecule has 2 rings (SSSR count). The molecule has 3 nitrogen and oxygen atoms in total. The fourth-order valence-electron chi connectivity index (χ4n) is 2.11. The van der Waals surface area contributed by atoms with E-state index < -0.39 is 0 Å². The van der Waals surface area contributed by atoms with Crippen molar-refractivity contribution in [3.8, 4) is 11.5 Å². The summed E-state index contributed by atoms with van der Waals surface area (Å²) in [4.78, 5) is 1.18. The molecule has 0 saturated carbocycles. The van der Waals surface area contributed by atoms with Crippen molar-refractivity contribution in [2.75, 3.05) is 13.7 Å². The van der Waals surface area contributed by atoms with Gasteiger partial charge in [-0.3, -0.25) is 0 Å². The number of aryl methyl sites for hydroxylation is 2. The van der Waals surface area contributed by atoms with E-state index in [0.29, 0.717) is 6.54 Å². The minimum Gasteiger partial charge on any atom is -0.493 e. The van der Waals surface area contributed by atoms with Crippen molar-refractivity contribution in [3.63, 3.8) is 0 Å². The van der Waals surface area contributed by atoms with Gasteiger partial charge in [0, 0.05) is 11.4 Å². The maximum atomic E-state index is 6.07. The first-order valence-electron chi connectivity index (χ1n) is 6.77. The summed E-state index contributed by atoms with van der Waals surface area (Å²) < 4.78 is 11.5. The smallest absolute Gasteiger partial charge is 0.162 e. The molecule has 2 aromatic rings. The minimum atomic E-state index is -0.128. The van der Waals surface area contributed by atoms with Gasteiger partial charge in [0.1, 0.15) is 6.10 Å².